The van der Waals surface area contributed by atoms with E-state index in [0.717, 1.165) is 12.0 Å². The fourth-order valence-corrected chi connectivity index (χ4v) is 1.93. The molecule has 21 heavy (non-hydrogen) atoms. The molecule has 1 amide bonds. The zero-order chi connectivity index (χ0) is 15.8. The van der Waals surface area contributed by atoms with Gasteiger partial charge in [0.05, 0.1) is 4.99 Å². The van der Waals surface area contributed by atoms with Crippen LogP contribution in [0.3, 0.4) is 0 Å². The van der Waals surface area contributed by atoms with E-state index in [1.807, 2.05) is 13.8 Å². The Hall–Kier alpha value is -1.75. The standard InChI is InChI=1S/C16H21FN2OS/c1-3-12(2)19(11-10-15(18)21)16(20)9-6-13-4-7-14(17)8-5-13/h4-9,12H,3,10-11H2,1-2H3,(H2,18,21)/b9-6+. The lowest BCUT2D eigenvalue weighted by Gasteiger charge is -2.27. The summed E-state index contributed by atoms with van der Waals surface area (Å²) in [5.74, 6) is -0.388. The summed E-state index contributed by atoms with van der Waals surface area (Å²) in [5, 5.41) is 0. The van der Waals surface area contributed by atoms with E-state index in [9.17, 15) is 9.18 Å². The zero-order valence-electron chi connectivity index (χ0n) is 12.4. The molecule has 0 aliphatic rings. The number of nitrogens with zero attached hydrogens (tertiary/aromatic N) is 1. The summed E-state index contributed by atoms with van der Waals surface area (Å²) in [4.78, 5) is 14.4. The van der Waals surface area contributed by atoms with Crippen molar-refractivity contribution < 1.29 is 9.18 Å². The highest BCUT2D eigenvalue weighted by atomic mass is 32.1. The smallest absolute Gasteiger partial charge is 0.246 e. The molecule has 114 valence electrons. The van der Waals surface area contributed by atoms with Crippen molar-refractivity contribution in [1.82, 2.24) is 4.90 Å². The second-order valence-electron chi connectivity index (χ2n) is 4.89. The molecule has 0 fully saturated rings. The molecule has 1 rings (SSSR count). The Bertz CT molecular complexity index is 514. The van der Waals surface area contributed by atoms with Gasteiger partial charge in [-0.05, 0) is 37.1 Å². The summed E-state index contributed by atoms with van der Waals surface area (Å²) < 4.78 is 12.8. The minimum atomic E-state index is -0.295. The Balaban J connectivity index is 2.75. The van der Waals surface area contributed by atoms with Gasteiger partial charge in [0.1, 0.15) is 5.82 Å². The van der Waals surface area contributed by atoms with Crippen molar-refractivity contribution in [1.29, 1.82) is 0 Å². The van der Waals surface area contributed by atoms with Crippen molar-refractivity contribution >= 4 is 29.2 Å². The fraction of sp³-hybridized carbons (Fsp3) is 0.375. The zero-order valence-corrected chi connectivity index (χ0v) is 13.2. The van der Waals surface area contributed by atoms with Gasteiger partial charge in [-0.2, -0.15) is 0 Å². The fourth-order valence-electron chi connectivity index (χ4n) is 1.84. The summed E-state index contributed by atoms with van der Waals surface area (Å²) in [6.07, 6.45) is 4.54. The average molecular weight is 308 g/mol. The quantitative estimate of drug-likeness (QED) is 0.622. The number of rotatable bonds is 7. The lowest BCUT2D eigenvalue weighted by molar-refractivity contribution is -0.127. The Labute approximate surface area is 130 Å². The van der Waals surface area contributed by atoms with E-state index in [4.69, 9.17) is 18.0 Å². The molecule has 0 bridgehead atoms. The van der Waals surface area contributed by atoms with Crippen LogP contribution in [0.25, 0.3) is 6.08 Å². The molecule has 0 aliphatic heterocycles. The van der Waals surface area contributed by atoms with Crippen LogP contribution in [0.2, 0.25) is 0 Å². The average Bonchev–Trinajstić information content (AvgIpc) is 2.46. The number of hydrogen-bond donors (Lipinski definition) is 1. The number of carbonyl (C=O) groups is 1. The molecule has 3 nitrogen and oxygen atoms in total. The highest BCUT2D eigenvalue weighted by molar-refractivity contribution is 7.80. The van der Waals surface area contributed by atoms with Gasteiger partial charge in [-0.25, -0.2) is 4.39 Å². The predicted octanol–water partition coefficient (Wildman–Crippen LogP) is 3.14. The molecule has 0 saturated carbocycles. The molecule has 5 heteroatoms. The van der Waals surface area contributed by atoms with Crippen LogP contribution in [0.1, 0.15) is 32.3 Å². The first-order chi connectivity index (χ1) is 9.93. The van der Waals surface area contributed by atoms with Gasteiger partial charge in [0.15, 0.2) is 0 Å². The number of hydrogen-bond acceptors (Lipinski definition) is 2. The lowest BCUT2D eigenvalue weighted by atomic mass is 10.1. The number of thiocarbonyl (C=S) groups is 1. The van der Waals surface area contributed by atoms with Gasteiger partial charge in [-0.15, -0.1) is 0 Å². The van der Waals surface area contributed by atoms with E-state index in [1.54, 1.807) is 23.1 Å². The summed E-state index contributed by atoms with van der Waals surface area (Å²) in [7, 11) is 0. The first-order valence-corrected chi connectivity index (χ1v) is 7.37. The molecule has 0 heterocycles. The Morgan fingerprint density at radius 1 is 1.43 bits per heavy atom. The molecule has 1 atom stereocenters. The van der Waals surface area contributed by atoms with Crippen LogP contribution in [-0.4, -0.2) is 28.4 Å². The number of nitrogens with two attached hydrogens (primary N) is 1. The lowest BCUT2D eigenvalue weighted by Crippen LogP contribution is -2.39. The molecule has 2 N–H and O–H groups in total. The maximum Gasteiger partial charge on any atom is 0.246 e. The maximum atomic E-state index is 12.8. The van der Waals surface area contributed by atoms with E-state index in [2.05, 4.69) is 0 Å². The normalized spacial score (nSPS) is 12.3. The van der Waals surface area contributed by atoms with Gasteiger partial charge in [0, 0.05) is 25.1 Å². The molecular weight excluding hydrogens is 287 g/mol. The number of carbonyl (C=O) groups excluding carboxylic acids is 1. The van der Waals surface area contributed by atoms with Gasteiger partial charge in [0.25, 0.3) is 0 Å². The summed E-state index contributed by atoms with van der Waals surface area (Å²) in [6, 6.07) is 6.10. The van der Waals surface area contributed by atoms with Crippen molar-refractivity contribution in [3.05, 3.63) is 41.7 Å². The molecule has 0 aliphatic carbocycles. The Kier molecular flexibility index (Phi) is 7.02. The van der Waals surface area contributed by atoms with Crippen LogP contribution >= 0.6 is 12.2 Å². The third-order valence-corrected chi connectivity index (χ3v) is 3.50. The van der Waals surface area contributed by atoms with Gasteiger partial charge in [0.2, 0.25) is 5.91 Å². The monoisotopic (exact) mass is 308 g/mol. The minimum absolute atomic E-state index is 0.0927. The number of halogens is 1. The third-order valence-electron chi connectivity index (χ3n) is 3.29. The topological polar surface area (TPSA) is 46.3 Å². The van der Waals surface area contributed by atoms with E-state index in [0.29, 0.717) is 18.0 Å². The second kappa shape index (κ2) is 8.52. The molecule has 1 aromatic rings. The molecule has 1 aromatic carbocycles. The van der Waals surface area contributed by atoms with E-state index >= 15 is 0 Å². The number of amides is 1. The van der Waals surface area contributed by atoms with Gasteiger partial charge in [-0.1, -0.05) is 31.3 Å². The molecule has 1 unspecified atom stereocenters. The highest BCUT2D eigenvalue weighted by Gasteiger charge is 2.16. The molecule has 0 saturated heterocycles. The van der Waals surface area contributed by atoms with Crippen molar-refractivity contribution in [2.24, 2.45) is 5.73 Å². The van der Waals surface area contributed by atoms with E-state index in [-0.39, 0.29) is 17.8 Å². The van der Waals surface area contributed by atoms with Crippen molar-refractivity contribution in [2.75, 3.05) is 6.54 Å². The van der Waals surface area contributed by atoms with E-state index in [1.165, 1.54) is 18.2 Å². The Morgan fingerprint density at radius 3 is 2.57 bits per heavy atom. The van der Waals surface area contributed by atoms with Crippen LogP contribution in [0, 0.1) is 5.82 Å². The van der Waals surface area contributed by atoms with E-state index < -0.39 is 0 Å². The third kappa shape index (κ3) is 6.04. The predicted molar refractivity (Wildman–Crippen MR) is 88.3 cm³/mol. The van der Waals surface area contributed by atoms with Crippen molar-refractivity contribution in [2.45, 2.75) is 32.7 Å². The van der Waals surface area contributed by atoms with Gasteiger partial charge >= 0.3 is 0 Å². The molecular formula is C16H21FN2OS. The van der Waals surface area contributed by atoms with Crippen molar-refractivity contribution in [3.63, 3.8) is 0 Å². The van der Waals surface area contributed by atoms with Gasteiger partial charge in [-0.3, -0.25) is 4.79 Å². The molecule has 0 radical (unpaired) electrons. The second-order valence-corrected chi connectivity index (χ2v) is 5.41. The Morgan fingerprint density at radius 2 is 2.05 bits per heavy atom. The summed E-state index contributed by atoms with van der Waals surface area (Å²) >= 11 is 4.86. The van der Waals surface area contributed by atoms with Crippen LogP contribution in [0.15, 0.2) is 30.3 Å². The van der Waals surface area contributed by atoms with Crippen LogP contribution in [-0.2, 0) is 4.79 Å². The highest BCUT2D eigenvalue weighted by Crippen LogP contribution is 2.09. The first-order valence-electron chi connectivity index (χ1n) is 6.96. The van der Waals surface area contributed by atoms with Crippen LogP contribution in [0.5, 0.6) is 0 Å². The van der Waals surface area contributed by atoms with Gasteiger partial charge < -0.3 is 10.6 Å². The van der Waals surface area contributed by atoms with Crippen LogP contribution < -0.4 is 5.73 Å². The number of benzene rings is 1. The van der Waals surface area contributed by atoms with Crippen molar-refractivity contribution in [3.8, 4) is 0 Å². The SMILES string of the molecule is CCC(C)N(CCC(N)=S)C(=O)/C=C/c1ccc(F)cc1. The summed E-state index contributed by atoms with van der Waals surface area (Å²) in [5.41, 5.74) is 6.28. The molecule has 0 spiro atoms. The first kappa shape index (κ1) is 17.3. The van der Waals surface area contributed by atoms with Crippen LogP contribution in [0.4, 0.5) is 4.39 Å². The maximum absolute atomic E-state index is 12.8. The largest absolute Gasteiger partial charge is 0.393 e. The summed E-state index contributed by atoms with van der Waals surface area (Å²) in [6.45, 7) is 4.52. The molecule has 0 aromatic heterocycles. The minimum Gasteiger partial charge on any atom is -0.393 e.